The number of para-hydroxylation sites is 1. The molecule has 1 atom stereocenters. The monoisotopic (exact) mass is 366 g/mol. The molecule has 3 rings (SSSR count). The van der Waals surface area contributed by atoms with Crippen LogP contribution in [0.4, 0.5) is 0 Å². The second-order valence-electron chi connectivity index (χ2n) is 7.04. The van der Waals surface area contributed by atoms with Crippen LogP contribution >= 0.6 is 12.4 Å². The number of halogens is 1. The van der Waals surface area contributed by atoms with Crippen LogP contribution < -0.4 is 4.74 Å². The molecule has 0 radical (unpaired) electrons. The normalized spacial score (nSPS) is 21.5. The van der Waals surface area contributed by atoms with Crippen molar-refractivity contribution in [1.29, 1.82) is 0 Å². The number of likely N-dealkylation sites (tertiary alicyclic amines) is 2. The molecule has 2 heterocycles. The zero-order valence-electron chi connectivity index (χ0n) is 15.3. The van der Waals surface area contributed by atoms with Gasteiger partial charge in [0.2, 0.25) is 0 Å². The van der Waals surface area contributed by atoms with Crippen LogP contribution in [0.1, 0.15) is 55.3 Å². The molecule has 0 saturated carbocycles. The molecule has 5 heteroatoms. The first kappa shape index (κ1) is 20.1. The Morgan fingerprint density at radius 1 is 1.08 bits per heavy atom. The smallest absolute Gasteiger partial charge is 0.257 e. The maximum atomic E-state index is 13.1. The van der Waals surface area contributed by atoms with Crippen LogP contribution in [0.5, 0.6) is 5.75 Å². The molecule has 2 aliphatic heterocycles. The first-order valence-electron chi connectivity index (χ1n) is 9.46. The largest absolute Gasteiger partial charge is 0.496 e. The molecule has 0 N–H and O–H groups in total. The van der Waals surface area contributed by atoms with Crippen molar-refractivity contribution in [2.45, 2.75) is 51.0 Å². The van der Waals surface area contributed by atoms with E-state index in [1.165, 1.54) is 38.8 Å². The molecular formula is C20H31ClN2O2. The third kappa shape index (κ3) is 5.11. The van der Waals surface area contributed by atoms with Crippen LogP contribution in [0.3, 0.4) is 0 Å². The van der Waals surface area contributed by atoms with Gasteiger partial charge in [-0.3, -0.25) is 4.79 Å². The first-order chi connectivity index (χ1) is 11.8. The van der Waals surface area contributed by atoms with E-state index in [4.69, 9.17) is 4.74 Å². The third-order valence-electron chi connectivity index (χ3n) is 5.45. The topological polar surface area (TPSA) is 32.8 Å². The Labute approximate surface area is 157 Å². The Morgan fingerprint density at radius 2 is 1.80 bits per heavy atom. The number of piperidine rings is 2. The predicted octanol–water partition coefficient (Wildman–Crippen LogP) is 3.99. The summed E-state index contributed by atoms with van der Waals surface area (Å²) in [4.78, 5) is 17.7. The maximum absolute atomic E-state index is 13.1. The lowest BCUT2D eigenvalue weighted by molar-refractivity contribution is 0.0576. The van der Waals surface area contributed by atoms with Gasteiger partial charge in [-0.2, -0.15) is 0 Å². The number of carbonyl (C=O) groups is 1. The number of benzene rings is 1. The lowest BCUT2D eigenvalue weighted by Crippen LogP contribution is -2.45. The molecule has 0 spiro atoms. The van der Waals surface area contributed by atoms with E-state index < -0.39 is 0 Å². The minimum atomic E-state index is 0. The number of rotatable bonds is 5. The summed E-state index contributed by atoms with van der Waals surface area (Å²) >= 11 is 0. The van der Waals surface area contributed by atoms with Crippen molar-refractivity contribution in [2.75, 3.05) is 33.3 Å². The van der Waals surface area contributed by atoms with E-state index in [1.54, 1.807) is 7.11 Å². The molecular weight excluding hydrogens is 336 g/mol. The Bertz CT molecular complexity index is 546. The number of ether oxygens (including phenoxy) is 1. The SMILES string of the molecule is COc1ccccc1C(=O)N1CCCCC1CCN1CCCCC1.Cl. The van der Waals surface area contributed by atoms with Gasteiger partial charge >= 0.3 is 0 Å². The molecule has 1 aromatic rings. The molecule has 1 unspecified atom stereocenters. The lowest BCUT2D eigenvalue weighted by atomic mass is 9.97. The summed E-state index contributed by atoms with van der Waals surface area (Å²) in [7, 11) is 1.64. The Kier molecular flexibility index (Phi) is 8.04. The van der Waals surface area contributed by atoms with E-state index in [1.807, 2.05) is 24.3 Å². The standard InChI is InChI=1S/C20H30N2O2.ClH/c1-24-19-11-4-3-10-18(19)20(23)22-15-8-5-9-17(22)12-16-21-13-6-2-7-14-21;/h3-4,10-11,17H,2,5-9,12-16H2,1H3;1H. The third-order valence-corrected chi connectivity index (χ3v) is 5.45. The molecule has 2 saturated heterocycles. The molecule has 2 aliphatic rings. The van der Waals surface area contributed by atoms with Crippen LogP contribution in [0, 0.1) is 0 Å². The van der Waals surface area contributed by atoms with Gasteiger partial charge in [-0.25, -0.2) is 0 Å². The van der Waals surface area contributed by atoms with Gasteiger partial charge in [0.25, 0.3) is 5.91 Å². The fourth-order valence-corrected chi connectivity index (χ4v) is 4.06. The van der Waals surface area contributed by atoms with Gasteiger partial charge in [0.15, 0.2) is 0 Å². The van der Waals surface area contributed by atoms with Crippen LogP contribution in [-0.4, -0.2) is 55.0 Å². The van der Waals surface area contributed by atoms with Gasteiger partial charge in [-0.05, 0) is 63.7 Å². The highest BCUT2D eigenvalue weighted by atomic mass is 35.5. The molecule has 1 amide bonds. The van der Waals surface area contributed by atoms with Crippen molar-refractivity contribution < 1.29 is 9.53 Å². The summed E-state index contributed by atoms with van der Waals surface area (Å²) in [6.45, 7) is 4.46. The zero-order chi connectivity index (χ0) is 16.8. The van der Waals surface area contributed by atoms with Crippen molar-refractivity contribution in [3.63, 3.8) is 0 Å². The van der Waals surface area contributed by atoms with Crippen molar-refractivity contribution >= 4 is 18.3 Å². The van der Waals surface area contributed by atoms with Crippen LogP contribution in [-0.2, 0) is 0 Å². The lowest BCUT2D eigenvalue weighted by Gasteiger charge is -2.37. The molecule has 0 aliphatic carbocycles. The fourth-order valence-electron chi connectivity index (χ4n) is 4.06. The Balaban J connectivity index is 0.00000225. The highest BCUT2D eigenvalue weighted by Gasteiger charge is 2.29. The minimum Gasteiger partial charge on any atom is -0.496 e. The maximum Gasteiger partial charge on any atom is 0.257 e. The summed E-state index contributed by atoms with van der Waals surface area (Å²) in [5.41, 5.74) is 0.699. The van der Waals surface area contributed by atoms with Gasteiger partial charge in [-0.1, -0.05) is 18.6 Å². The molecule has 1 aromatic carbocycles. The predicted molar refractivity (Wildman–Crippen MR) is 104 cm³/mol. The van der Waals surface area contributed by atoms with Crippen molar-refractivity contribution in [3.8, 4) is 5.75 Å². The number of nitrogens with zero attached hydrogens (tertiary/aromatic N) is 2. The Hall–Kier alpha value is -1.26. The summed E-state index contributed by atoms with van der Waals surface area (Å²) < 4.78 is 5.39. The summed E-state index contributed by atoms with van der Waals surface area (Å²) in [5.74, 6) is 0.818. The van der Waals surface area contributed by atoms with Crippen molar-refractivity contribution in [3.05, 3.63) is 29.8 Å². The summed E-state index contributed by atoms with van der Waals surface area (Å²) in [6, 6.07) is 7.97. The van der Waals surface area contributed by atoms with E-state index in [0.717, 1.165) is 32.4 Å². The first-order valence-corrected chi connectivity index (χ1v) is 9.46. The van der Waals surface area contributed by atoms with E-state index >= 15 is 0 Å². The number of amides is 1. The Morgan fingerprint density at radius 3 is 2.56 bits per heavy atom. The highest BCUT2D eigenvalue weighted by molar-refractivity contribution is 5.97. The number of hydrogen-bond acceptors (Lipinski definition) is 3. The van der Waals surface area contributed by atoms with E-state index in [2.05, 4.69) is 9.80 Å². The molecule has 4 nitrogen and oxygen atoms in total. The fraction of sp³-hybridized carbons (Fsp3) is 0.650. The van der Waals surface area contributed by atoms with Crippen LogP contribution in [0.15, 0.2) is 24.3 Å². The van der Waals surface area contributed by atoms with Crippen molar-refractivity contribution in [2.24, 2.45) is 0 Å². The van der Waals surface area contributed by atoms with Gasteiger partial charge in [0.05, 0.1) is 12.7 Å². The summed E-state index contributed by atoms with van der Waals surface area (Å²) in [6.07, 6.45) is 8.61. The quantitative estimate of drug-likeness (QED) is 0.789. The minimum absolute atomic E-state index is 0. The van der Waals surface area contributed by atoms with Gasteiger partial charge in [0, 0.05) is 19.1 Å². The van der Waals surface area contributed by atoms with Gasteiger partial charge in [-0.15, -0.1) is 12.4 Å². The average Bonchev–Trinajstić information content (AvgIpc) is 2.67. The van der Waals surface area contributed by atoms with Crippen molar-refractivity contribution in [1.82, 2.24) is 9.80 Å². The van der Waals surface area contributed by atoms with E-state index in [-0.39, 0.29) is 18.3 Å². The molecule has 25 heavy (non-hydrogen) atoms. The molecule has 0 bridgehead atoms. The molecule has 140 valence electrons. The molecule has 2 fully saturated rings. The number of methoxy groups -OCH3 is 1. The van der Waals surface area contributed by atoms with Gasteiger partial charge in [0.1, 0.15) is 5.75 Å². The van der Waals surface area contributed by atoms with Crippen LogP contribution in [0.25, 0.3) is 0 Å². The second kappa shape index (κ2) is 10.0. The van der Waals surface area contributed by atoms with Crippen LogP contribution in [0.2, 0.25) is 0 Å². The number of hydrogen-bond donors (Lipinski definition) is 0. The summed E-state index contributed by atoms with van der Waals surface area (Å²) in [5, 5.41) is 0. The van der Waals surface area contributed by atoms with Gasteiger partial charge < -0.3 is 14.5 Å². The molecule has 0 aromatic heterocycles. The average molecular weight is 367 g/mol. The van der Waals surface area contributed by atoms with E-state index in [0.29, 0.717) is 17.4 Å². The second-order valence-corrected chi connectivity index (χ2v) is 7.04. The highest BCUT2D eigenvalue weighted by Crippen LogP contribution is 2.26. The zero-order valence-corrected chi connectivity index (χ0v) is 16.1. The number of carbonyl (C=O) groups excluding carboxylic acids is 1. The van der Waals surface area contributed by atoms with E-state index in [9.17, 15) is 4.79 Å².